The van der Waals surface area contributed by atoms with Gasteiger partial charge in [0.05, 0.1) is 6.54 Å². The summed E-state index contributed by atoms with van der Waals surface area (Å²) in [5.41, 5.74) is 0. The standard InChI is InChI=1S/C11H19ClN2O/c1-4-9(14(2)3)7-13-8-10-5-6-11(12)15-10/h5-6,9,13H,4,7-8H2,1-3H3. The van der Waals surface area contributed by atoms with Gasteiger partial charge in [-0.1, -0.05) is 6.92 Å². The van der Waals surface area contributed by atoms with E-state index in [9.17, 15) is 0 Å². The molecule has 0 bridgehead atoms. The molecule has 0 aliphatic carbocycles. The van der Waals surface area contributed by atoms with Crippen molar-refractivity contribution in [3.63, 3.8) is 0 Å². The first-order valence-electron chi connectivity index (χ1n) is 5.24. The number of hydrogen-bond donors (Lipinski definition) is 1. The molecule has 0 amide bonds. The van der Waals surface area contributed by atoms with Crippen LogP contribution in [0.2, 0.25) is 5.22 Å². The summed E-state index contributed by atoms with van der Waals surface area (Å²) < 4.78 is 5.25. The molecule has 0 aliphatic rings. The van der Waals surface area contributed by atoms with Crippen LogP contribution in [0, 0.1) is 0 Å². The van der Waals surface area contributed by atoms with E-state index >= 15 is 0 Å². The third-order valence-electron chi connectivity index (χ3n) is 2.51. The summed E-state index contributed by atoms with van der Waals surface area (Å²) >= 11 is 5.68. The zero-order chi connectivity index (χ0) is 11.3. The Kier molecular flexibility index (Phi) is 5.15. The first-order valence-corrected chi connectivity index (χ1v) is 5.62. The summed E-state index contributed by atoms with van der Waals surface area (Å²) in [6.07, 6.45) is 1.14. The van der Waals surface area contributed by atoms with Crippen LogP contribution in [-0.2, 0) is 6.54 Å². The number of furan rings is 1. The predicted octanol–water partition coefficient (Wildman–Crippen LogP) is 2.36. The highest BCUT2D eigenvalue weighted by Gasteiger charge is 2.08. The van der Waals surface area contributed by atoms with Crippen molar-refractivity contribution in [3.8, 4) is 0 Å². The molecule has 1 aromatic heterocycles. The average molecular weight is 231 g/mol. The number of likely N-dealkylation sites (N-methyl/N-ethyl adjacent to an activating group) is 1. The second-order valence-corrected chi connectivity index (χ2v) is 4.23. The Bertz CT molecular complexity index is 286. The molecular weight excluding hydrogens is 212 g/mol. The molecule has 0 saturated heterocycles. The van der Waals surface area contributed by atoms with Crippen molar-refractivity contribution in [1.29, 1.82) is 0 Å². The van der Waals surface area contributed by atoms with Crippen LogP contribution in [0.15, 0.2) is 16.5 Å². The summed E-state index contributed by atoms with van der Waals surface area (Å²) in [4.78, 5) is 2.22. The van der Waals surface area contributed by atoms with Crippen molar-refractivity contribution in [2.24, 2.45) is 0 Å². The van der Waals surface area contributed by atoms with Gasteiger partial charge in [-0.2, -0.15) is 0 Å². The minimum absolute atomic E-state index is 0.450. The lowest BCUT2D eigenvalue weighted by molar-refractivity contribution is 0.273. The molecule has 0 aromatic carbocycles. The van der Waals surface area contributed by atoms with E-state index in [-0.39, 0.29) is 0 Å². The highest BCUT2D eigenvalue weighted by atomic mass is 35.5. The predicted molar refractivity (Wildman–Crippen MR) is 63.2 cm³/mol. The third-order valence-corrected chi connectivity index (χ3v) is 2.71. The Hall–Kier alpha value is -0.510. The minimum atomic E-state index is 0.450. The van der Waals surface area contributed by atoms with Gasteiger partial charge in [0, 0.05) is 12.6 Å². The highest BCUT2D eigenvalue weighted by molar-refractivity contribution is 6.28. The third kappa shape index (κ3) is 4.24. The van der Waals surface area contributed by atoms with Crippen LogP contribution in [-0.4, -0.2) is 31.6 Å². The molecule has 1 aromatic rings. The van der Waals surface area contributed by atoms with Crippen LogP contribution in [0.1, 0.15) is 19.1 Å². The summed E-state index contributed by atoms with van der Waals surface area (Å²) in [6, 6.07) is 4.23. The van der Waals surface area contributed by atoms with Gasteiger partial charge in [-0.15, -0.1) is 0 Å². The molecular formula is C11H19ClN2O. The fourth-order valence-electron chi connectivity index (χ4n) is 1.50. The van der Waals surface area contributed by atoms with Crippen LogP contribution in [0.3, 0.4) is 0 Å². The van der Waals surface area contributed by atoms with Crippen molar-refractivity contribution in [3.05, 3.63) is 23.1 Å². The number of nitrogens with one attached hydrogen (secondary N) is 1. The number of halogens is 1. The van der Waals surface area contributed by atoms with Gasteiger partial charge < -0.3 is 14.6 Å². The molecule has 0 aliphatic heterocycles. The van der Waals surface area contributed by atoms with Crippen LogP contribution in [0.5, 0.6) is 0 Å². The van der Waals surface area contributed by atoms with E-state index in [0.717, 1.165) is 25.3 Å². The highest BCUT2D eigenvalue weighted by Crippen LogP contribution is 2.12. The molecule has 3 nitrogen and oxygen atoms in total. The molecule has 86 valence electrons. The Labute approximate surface area is 96.4 Å². The van der Waals surface area contributed by atoms with Gasteiger partial charge in [-0.3, -0.25) is 0 Å². The number of hydrogen-bond acceptors (Lipinski definition) is 3. The Balaban J connectivity index is 2.26. The molecule has 1 heterocycles. The van der Waals surface area contributed by atoms with Crippen LogP contribution < -0.4 is 5.32 Å². The van der Waals surface area contributed by atoms with E-state index in [0.29, 0.717) is 11.3 Å². The monoisotopic (exact) mass is 230 g/mol. The molecule has 0 saturated carbocycles. The van der Waals surface area contributed by atoms with E-state index in [4.69, 9.17) is 16.0 Å². The topological polar surface area (TPSA) is 28.4 Å². The molecule has 15 heavy (non-hydrogen) atoms. The smallest absolute Gasteiger partial charge is 0.193 e. The van der Waals surface area contributed by atoms with Crippen molar-refractivity contribution < 1.29 is 4.42 Å². The molecule has 1 atom stereocenters. The van der Waals surface area contributed by atoms with E-state index in [1.54, 1.807) is 6.07 Å². The van der Waals surface area contributed by atoms with Crippen molar-refractivity contribution >= 4 is 11.6 Å². The van der Waals surface area contributed by atoms with E-state index in [2.05, 4.69) is 31.2 Å². The van der Waals surface area contributed by atoms with Gasteiger partial charge in [0.15, 0.2) is 5.22 Å². The quantitative estimate of drug-likeness (QED) is 0.814. The SMILES string of the molecule is CCC(CNCc1ccc(Cl)o1)N(C)C. The van der Waals surface area contributed by atoms with Gasteiger partial charge >= 0.3 is 0 Å². The molecule has 1 N–H and O–H groups in total. The van der Waals surface area contributed by atoms with Gasteiger partial charge in [-0.05, 0) is 44.2 Å². The van der Waals surface area contributed by atoms with E-state index < -0.39 is 0 Å². The molecule has 1 unspecified atom stereocenters. The maximum atomic E-state index is 5.68. The first-order chi connectivity index (χ1) is 7.13. The summed E-state index contributed by atoms with van der Waals surface area (Å²) in [5.74, 6) is 0.883. The van der Waals surface area contributed by atoms with E-state index in [1.165, 1.54) is 0 Å². The molecule has 4 heteroatoms. The number of rotatable bonds is 6. The molecule has 0 fully saturated rings. The first kappa shape index (κ1) is 12.6. The lowest BCUT2D eigenvalue weighted by atomic mass is 10.2. The van der Waals surface area contributed by atoms with Gasteiger partial charge in [0.2, 0.25) is 0 Å². The van der Waals surface area contributed by atoms with Crippen molar-refractivity contribution in [2.75, 3.05) is 20.6 Å². The summed E-state index contributed by atoms with van der Waals surface area (Å²) in [5, 5.41) is 3.80. The fourth-order valence-corrected chi connectivity index (χ4v) is 1.66. The molecule has 0 spiro atoms. The van der Waals surface area contributed by atoms with Crippen LogP contribution in [0.4, 0.5) is 0 Å². The molecule has 0 radical (unpaired) electrons. The van der Waals surface area contributed by atoms with Crippen LogP contribution >= 0.6 is 11.6 Å². The lowest BCUT2D eigenvalue weighted by Crippen LogP contribution is -2.37. The fraction of sp³-hybridized carbons (Fsp3) is 0.636. The molecule has 1 rings (SSSR count). The zero-order valence-corrected chi connectivity index (χ0v) is 10.3. The van der Waals surface area contributed by atoms with Gasteiger partial charge in [0.25, 0.3) is 0 Å². The second-order valence-electron chi connectivity index (χ2n) is 3.86. The maximum absolute atomic E-state index is 5.68. The average Bonchev–Trinajstić information content (AvgIpc) is 2.58. The normalized spacial score (nSPS) is 13.4. The summed E-state index contributed by atoms with van der Waals surface area (Å²) in [7, 11) is 4.19. The minimum Gasteiger partial charge on any atom is -0.448 e. The maximum Gasteiger partial charge on any atom is 0.193 e. The Morgan fingerprint density at radius 2 is 2.20 bits per heavy atom. The van der Waals surface area contributed by atoms with Crippen molar-refractivity contribution in [2.45, 2.75) is 25.9 Å². The zero-order valence-electron chi connectivity index (χ0n) is 9.59. The largest absolute Gasteiger partial charge is 0.448 e. The second kappa shape index (κ2) is 6.16. The Morgan fingerprint density at radius 1 is 1.47 bits per heavy atom. The van der Waals surface area contributed by atoms with Crippen molar-refractivity contribution in [1.82, 2.24) is 10.2 Å². The Morgan fingerprint density at radius 3 is 2.67 bits per heavy atom. The lowest BCUT2D eigenvalue weighted by Gasteiger charge is -2.22. The van der Waals surface area contributed by atoms with E-state index in [1.807, 2.05) is 6.07 Å². The van der Waals surface area contributed by atoms with Gasteiger partial charge in [-0.25, -0.2) is 0 Å². The van der Waals surface area contributed by atoms with Gasteiger partial charge in [0.1, 0.15) is 5.76 Å². The summed E-state index contributed by atoms with van der Waals surface area (Å²) in [6.45, 7) is 3.88. The van der Waals surface area contributed by atoms with Crippen LogP contribution in [0.25, 0.3) is 0 Å². The number of nitrogens with zero attached hydrogens (tertiary/aromatic N) is 1.